The smallest absolute Gasteiger partial charge is 0.389 e. The Hall–Kier alpha value is -0.941. The molecule has 0 bridgehead atoms. The third-order valence-electron chi connectivity index (χ3n) is 4.00. The van der Waals surface area contributed by atoms with Gasteiger partial charge in [-0.1, -0.05) is 0 Å². The van der Waals surface area contributed by atoms with Gasteiger partial charge in [0, 0.05) is 12.1 Å². The van der Waals surface area contributed by atoms with Crippen molar-refractivity contribution >= 4 is 0 Å². The van der Waals surface area contributed by atoms with Crippen molar-refractivity contribution in [3.05, 3.63) is 60.2 Å². The molecule has 128 valence electrons. The van der Waals surface area contributed by atoms with Crippen molar-refractivity contribution in [2.24, 2.45) is 0 Å². The summed E-state index contributed by atoms with van der Waals surface area (Å²) < 4.78 is 0. The van der Waals surface area contributed by atoms with Crippen LogP contribution in [0.3, 0.4) is 0 Å². The second-order valence-electron chi connectivity index (χ2n) is 5.76. The van der Waals surface area contributed by atoms with Gasteiger partial charge in [-0.2, -0.15) is 42.0 Å². The maximum Gasteiger partial charge on any atom is 2.00 e. The average molecular weight is 358 g/mol. The first-order chi connectivity index (χ1) is 10.7. The van der Waals surface area contributed by atoms with E-state index in [0.717, 1.165) is 19.5 Å². The zero-order valence-electron chi connectivity index (χ0n) is 13.4. The van der Waals surface area contributed by atoms with Gasteiger partial charge in [0.25, 0.3) is 0 Å². The molecule has 1 aliphatic heterocycles. The zero-order valence-corrected chi connectivity index (χ0v) is 14.5. The van der Waals surface area contributed by atoms with E-state index in [1.165, 1.54) is 5.56 Å². The molecule has 4 atom stereocenters. The number of hydrogen-bond acceptors (Lipinski definition) is 4. The molecule has 23 heavy (non-hydrogen) atoms. The molecule has 4 nitrogen and oxygen atoms in total. The Balaban J connectivity index is 0.000000377. The van der Waals surface area contributed by atoms with E-state index in [4.69, 9.17) is 0 Å². The normalized spacial score (nSPS) is 26.2. The minimum absolute atomic E-state index is 0. The predicted octanol–water partition coefficient (Wildman–Crippen LogP) is 1.37. The Labute approximate surface area is 149 Å². The van der Waals surface area contributed by atoms with Crippen LogP contribution in [0.4, 0.5) is 0 Å². The molecule has 2 aromatic rings. The molecule has 0 radical (unpaired) electrons. The molecule has 0 saturated carbocycles. The van der Waals surface area contributed by atoms with E-state index in [-0.39, 0.29) is 29.2 Å². The summed E-state index contributed by atoms with van der Waals surface area (Å²) in [4.78, 5) is 0. The quantitative estimate of drug-likeness (QED) is 0.370. The van der Waals surface area contributed by atoms with Gasteiger partial charge in [0.1, 0.15) is 0 Å². The van der Waals surface area contributed by atoms with Crippen LogP contribution in [0, 0.1) is 0 Å². The van der Waals surface area contributed by atoms with Crippen LogP contribution in [-0.2, 0) is 23.6 Å². The fraction of sp³-hybridized carbons (Fsp3) is 0.444. The van der Waals surface area contributed by atoms with Crippen molar-refractivity contribution in [2.45, 2.75) is 44.2 Å². The summed E-state index contributed by atoms with van der Waals surface area (Å²) in [6, 6.07) is 18.2. The molecule has 5 heteroatoms. The fourth-order valence-electron chi connectivity index (χ4n) is 2.67. The van der Waals surface area contributed by atoms with Crippen LogP contribution in [0.15, 0.2) is 54.6 Å². The number of hydrogen-bond donors (Lipinski definition) is 4. The van der Waals surface area contributed by atoms with E-state index in [2.05, 4.69) is 22.8 Å². The van der Waals surface area contributed by atoms with Gasteiger partial charge < -0.3 is 20.8 Å². The number of aliphatic hydroxyl groups is 2. The Morgan fingerprint density at radius 2 is 1.87 bits per heavy atom. The van der Waals surface area contributed by atoms with Crippen LogP contribution in [0.25, 0.3) is 0 Å². The molecule has 1 fully saturated rings. The van der Waals surface area contributed by atoms with E-state index in [1.807, 2.05) is 49.4 Å². The van der Waals surface area contributed by atoms with Gasteiger partial charge in [0.05, 0.1) is 12.2 Å². The summed E-state index contributed by atoms with van der Waals surface area (Å²) >= 11 is 0. The second kappa shape index (κ2) is 10.8. The van der Waals surface area contributed by atoms with Gasteiger partial charge in [0.15, 0.2) is 0 Å². The van der Waals surface area contributed by atoms with Gasteiger partial charge in [-0.05, 0) is 26.4 Å². The molecule has 0 aromatic heterocycles. The van der Waals surface area contributed by atoms with Gasteiger partial charge in [-0.3, -0.25) is 0 Å². The van der Waals surface area contributed by atoms with Crippen LogP contribution in [-0.4, -0.2) is 41.0 Å². The minimum Gasteiger partial charge on any atom is -0.389 e. The molecule has 3 rings (SSSR count). The first-order valence-electron chi connectivity index (χ1n) is 7.88. The number of nitrogens with one attached hydrogen (secondary N) is 2. The van der Waals surface area contributed by atoms with E-state index in [0.29, 0.717) is 0 Å². The summed E-state index contributed by atoms with van der Waals surface area (Å²) in [5, 5.41) is 25.9. The summed E-state index contributed by atoms with van der Waals surface area (Å²) in [6.45, 7) is 3.58. The minimum atomic E-state index is -0.647. The molecular formula is C18H26FeN2O2. The molecule has 0 amide bonds. The van der Waals surface area contributed by atoms with Gasteiger partial charge in [-0.15, -0.1) is 0 Å². The van der Waals surface area contributed by atoms with E-state index < -0.39 is 12.2 Å². The maximum absolute atomic E-state index is 9.77. The van der Waals surface area contributed by atoms with Gasteiger partial charge in [0.2, 0.25) is 0 Å². The van der Waals surface area contributed by atoms with Crippen molar-refractivity contribution in [2.75, 3.05) is 6.54 Å². The third kappa shape index (κ3) is 6.59. The molecule has 1 heterocycles. The number of rotatable bonds is 5. The van der Waals surface area contributed by atoms with Crippen LogP contribution in [0.5, 0.6) is 0 Å². The molecule has 0 aliphatic carbocycles. The largest absolute Gasteiger partial charge is 2.00 e. The van der Waals surface area contributed by atoms with Crippen LogP contribution < -0.4 is 10.6 Å². The summed E-state index contributed by atoms with van der Waals surface area (Å²) in [5.74, 6) is 0. The molecule has 4 N–H and O–H groups in total. The van der Waals surface area contributed by atoms with Crippen molar-refractivity contribution in [3.8, 4) is 0 Å². The van der Waals surface area contributed by atoms with Crippen molar-refractivity contribution in [1.29, 1.82) is 0 Å². The van der Waals surface area contributed by atoms with Gasteiger partial charge in [-0.25, -0.2) is 18.2 Å². The SMILES string of the molecule is C[C@@H]1N[C@@H](CCNCc2cc[cH-]c2)[C@H](O)[C@@H]1O.[Fe+2].c1cc[cH-]c1. The predicted molar refractivity (Wildman–Crippen MR) is 88.8 cm³/mol. The molecule has 0 unspecified atom stereocenters. The summed E-state index contributed by atoms with van der Waals surface area (Å²) in [5.41, 5.74) is 1.28. The van der Waals surface area contributed by atoms with E-state index >= 15 is 0 Å². The third-order valence-corrected chi connectivity index (χ3v) is 4.00. The first-order valence-corrected chi connectivity index (χ1v) is 7.88. The Morgan fingerprint density at radius 1 is 1.13 bits per heavy atom. The Morgan fingerprint density at radius 3 is 2.35 bits per heavy atom. The fourth-order valence-corrected chi connectivity index (χ4v) is 2.67. The summed E-state index contributed by atoms with van der Waals surface area (Å²) in [6.07, 6.45) is -0.468. The van der Waals surface area contributed by atoms with E-state index in [1.54, 1.807) is 0 Å². The first kappa shape index (κ1) is 20.1. The van der Waals surface area contributed by atoms with Crippen molar-refractivity contribution in [3.63, 3.8) is 0 Å². The maximum atomic E-state index is 9.77. The molecule has 0 spiro atoms. The van der Waals surface area contributed by atoms with Crippen LogP contribution >= 0.6 is 0 Å². The van der Waals surface area contributed by atoms with Crippen molar-refractivity contribution < 1.29 is 27.3 Å². The molecule has 1 saturated heterocycles. The average Bonchev–Trinajstić information content (AvgIpc) is 3.26. The Kier molecular flexibility index (Phi) is 9.41. The van der Waals surface area contributed by atoms with Gasteiger partial charge >= 0.3 is 17.1 Å². The summed E-state index contributed by atoms with van der Waals surface area (Å²) in [7, 11) is 0. The van der Waals surface area contributed by atoms with Crippen LogP contribution in [0.1, 0.15) is 18.9 Å². The second-order valence-corrected chi connectivity index (χ2v) is 5.76. The Bertz CT molecular complexity index is 470. The zero-order chi connectivity index (χ0) is 15.8. The van der Waals surface area contributed by atoms with Crippen LogP contribution in [0.2, 0.25) is 0 Å². The molecule has 2 aromatic carbocycles. The standard InChI is InChI=1S/C13H21N2O2.C5H5.Fe/c1-9-12(16)13(17)11(15-9)6-7-14-8-10-4-2-3-5-10;1-2-4-5-3-1;/h2-5,9,11-17H,6-8H2,1H3;1-5H;/q2*-1;+2/t9-,11-,12+,13-;;/m0../s1. The molecular weight excluding hydrogens is 332 g/mol. The van der Waals surface area contributed by atoms with E-state index in [9.17, 15) is 10.2 Å². The monoisotopic (exact) mass is 358 g/mol. The topological polar surface area (TPSA) is 64.5 Å². The number of aliphatic hydroxyl groups excluding tert-OH is 2. The molecule has 1 aliphatic rings. The van der Waals surface area contributed by atoms with Crippen molar-refractivity contribution in [1.82, 2.24) is 10.6 Å².